The lowest BCUT2D eigenvalue weighted by Crippen LogP contribution is -2.31. The largest absolute Gasteiger partial charge is 0.467 e. The van der Waals surface area contributed by atoms with Crippen LogP contribution in [-0.4, -0.2) is 12.5 Å². The lowest BCUT2D eigenvalue weighted by Gasteiger charge is -2.17. The predicted octanol–water partition coefficient (Wildman–Crippen LogP) is 5.27. The zero-order chi connectivity index (χ0) is 20.1. The van der Waals surface area contributed by atoms with E-state index in [1.165, 1.54) is 6.26 Å². The third-order valence-electron chi connectivity index (χ3n) is 4.00. The molecule has 0 unspecified atom stereocenters. The summed E-state index contributed by atoms with van der Waals surface area (Å²) in [6, 6.07) is 15.2. The summed E-state index contributed by atoms with van der Waals surface area (Å²) in [6.45, 7) is -0.160. The highest BCUT2D eigenvalue weighted by Crippen LogP contribution is 2.33. The van der Waals surface area contributed by atoms with E-state index in [4.69, 9.17) is 16.0 Å². The van der Waals surface area contributed by atoms with Crippen LogP contribution in [0.1, 0.15) is 22.9 Å². The highest BCUT2D eigenvalue weighted by atomic mass is 35.5. The molecule has 4 nitrogen and oxygen atoms in total. The Morgan fingerprint density at radius 1 is 1.07 bits per heavy atom. The van der Waals surface area contributed by atoms with Crippen molar-refractivity contribution in [2.75, 3.05) is 11.9 Å². The van der Waals surface area contributed by atoms with Crippen LogP contribution in [0.15, 0.2) is 71.3 Å². The summed E-state index contributed by atoms with van der Waals surface area (Å²) in [4.78, 5) is 12.3. The van der Waals surface area contributed by atoms with Crippen LogP contribution in [0, 0.1) is 0 Å². The summed E-state index contributed by atoms with van der Waals surface area (Å²) in [5, 5.41) is 5.48. The predicted molar refractivity (Wildman–Crippen MR) is 100 cm³/mol. The number of rotatable bonds is 6. The third-order valence-corrected chi connectivity index (χ3v) is 4.32. The molecule has 3 aromatic rings. The highest BCUT2D eigenvalue weighted by molar-refractivity contribution is 6.33. The second kappa shape index (κ2) is 8.50. The molecule has 0 spiro atoms. The number of alkyl halides is 3. The molecule has 0 bridgehead atoms. The molecule has 3 rings (SSSR count). The Balaban J connectivity index is 1.71. The van der Waals surface area contributed by atoms with Crippen molar-refractivity contribution in [3.63, 3.8) is 0 Å². The van der Waals surface area contributed by atoms with Crippen LogP contribution in [-0.2, 0) is 11.0 Å². The fraction of sp³-hybridized carbons (Fsp3) is 0.150. The van der Waals surface area contributed by atoms with Crippen LogP contribution in [0.5, 0.6) is 0 Å². The van der Waals surface area contributed by atoms with Crippen molar-refractivity contribution in [3.8, 4) is 0 Å². The number of furan rings is 1. The van der Waals surface area contributed by atoms with Gasteiger partial charge in [0.25, 0.3) is 0 Å². The van der Waals surface area contributed by atoms with Crippen molar-refractivity contribution in [2.24, 2.45) is 0 Å². The molecule has 0 aliphatic rings. The number of amides is 1. The minimum absolute atomic E-state index is 0.0204. The zero-order valence-corrected chi connectivity index (χ0v) is 15.2. The smallest absolute Gasteiger partial charge is 0.416 e. The average Bonchev–Trinajstić information content (AvgIpc) is 3.18. The van der Waals surface area contributed by atoms with E-state index >= 15 is 0 Å². The average molecular weight is 409 g/mol. The van der Waals surface area contributed by atoms with Crippen molar-refractivity contribution in [2.45, 2.75) is 12.2 Å². The molecule has 2 N–H and O–H groups in total. The van der Waals surface area contributed by atoms with Crippen molar-refractivity contribution in [1.82, 2.24) is 5.32 Å². The van der Waals surface area contributed by atoms with E-state index in [9.17, 15) is 18.0 Å². The minimum atomic E-state index is -4.53. The number of anilines is 1. The SMILES string of the molecule is O=C(CN[C@@H](c1ccccc1)c1ccco1)Nc1cc(C(F)(F)F)ccc1Cl. The Morgan fingerprint density at radius 3 is 2.46 bits per heavy atom. The number of benzene rings is 2. The normalized spacial score (nSPS) is 12.6. The van der Waals surface area contributed by atoms with Gasteiger partial charge in [0.1, 0.15) is 5.76 Å². The molecule has 0 aliphatic carbocycles. The summed E-state index contributed by atoms with van der Waals surface area (Å²) >= 11 is 5.91. The fourth-order valence-electron chi connectivity index (χ4n) is 2.67. The summed E-state index contributed by atoms with van der Waals surface area (Å²) in [5.41, 5.74) is -0.113. The summed E-state index contributed by atoms with van der Waals surface area (Å²) in [7, 11) is 0. The number of carbonyl (C=O) groups is 1. The lowest BCUT2D eigenvalue weighted by molar-refractivity contribution is -0.137. The molecule has 1 heterocycles. The number of nitrogens with one attached hydrogen (secondary N) is 2. The maximum atomic E-state index is 12.9. The van der Waals surface area contributed by atoms with E-state index in [1.54, 1.807) is 12.1 Å². The molecule has 0 saturated heterocycles. The van der Waals surface area contributed by atoms with Crippen molar-refractivity contribution >= 4 is 23.2 Å². The molecular formula is C20H16ClF3N2O2. The molecule has 0 radical (unpaired) electrons. The summed E-state index contributed by atoms with van der Waals surface area (Å²) < 4.78 is 44.0. The van der Waals surface area contributed by atoms with E-state index in [-0.39, 0.29) is 23.3 Å². The summed E-state index contributed by atoms with van der Waals surface area (Å²) in [6.07, 6.45) is -3.00. The number of carbonyl (C=O) groups excluding carboxylic acids is 1. The minimum Gasteiger partial charge on any atom is -0.467 e. The van der Waals surface area contributed by atoms with Gasteiger partial charge in [0.2, 0.25) is 5.91 Å². The van der Waals surface area contributed by atoms with Crippen molar-refractivity contribution < 1.29 is 22.4 Å². The first-order chi connectivity index (χ1) is 13.3. The number of hydrogen-bond acceptors (Lipinski definition) is 3. The van der Waals surface area contributed by atoms with E-state index in [2.05, 4.69) is 10.6 Å². The molecule has 0 aliphatic heterocycles. The van der Waals surface area contributed by atoms with Gasteiger partial charge in [-0.25, -0.2) is 0 Å². The van der Waals surface area contributed by atoms with Gasteiger partial charge in [-0.05, 0) is 35.9 Å². The molecule has 146 valence electrons. The molecule has 8 heteroatoms. The number of hydrogen-bond donors (Lipinski definition) is 2. The van der Waals surface area contributed by atoms with Gasteiger partial charge < -0.3 is 9.73 Å². The monoisotopic (exact) mass is 408 g/mol. The van der Waals surface area contributed by atoms with Gasteiger partial charge in [-0.2, -0.15) is 13.2 Å². The van der Waals surface area contributed by atoms with Crippen molar-refractivity contribution in [1.29, 1.82) is 0 Å². The van der Waals surface area contributed by atoms with Gasteiger partial charge in [0.05, 0.1) is 35.1 Å². The van der Waals surface area contributed by atoms with Crippen LogP contribution in [0.3, 0.4) is 0 Å². The van der Waals surface area contributed by atoms with Gasteiger partial charge in [0, 0.05) is 0 Å². The van der Waals surface area contributed by atoms with Crippen LogP contribution in [0.4, 0.5) is 18.9 Å². The first-order valence-corrected chi connectivity index (χ1v) is 8.71. The Kier molecular flexibility index (Phi) is 6.06. The molecular weight excluding hydrogens is 393 g/mol. The number of halogens is 4. The van der Waals surface area contributed by atoms with Gasteiger partial charge >= 0.3 is 6.18 Å². The maximum absolute atomic E-state index is 12.9. The molecule has 1 atom stereocenters. The van der Waals surface area contributed by atoms with Crippen LogP contribution < -0.4 is 10.6 Å². The van der Waals surface area contributed by atoms with E-state index in [0.717, 1.165) is 23.8 Å². The van der Waals surface area contributed by atoms with Gasteiger partial charge in [-0.1, -0.05) is 41.9 Å². The molecule has 2 aromatic carbocycles. The lowest BCUT2D eigenvalue weighted by atomic mass is 10.0. The van der Waals surface area contributed by atoms with Gasteiger partial charge in [0.15, 0.2) is 0 Å². The van der Waals surface area contributed by atoms with Gasteiger partial charge in [-0.3, -0.25) is 10.1 Å². The molecule has 0 fully saturated rings. The Hall–Kier alpha value is -2.77. The van der Waals surface area contributed by atoms with Crippen LogP contribution in [0.2, 0.25) is 5.02 Å². The molecule has 1 aromatic heterocycles. The van der Waals surface area contributed by atoms with Gasteiger partial charge in [-0.15, -0.1) is 0 Å². The topological polar surface area (TPSA) is 54.3 Å². The highest BCUT2D eigenvalue weighted by Gasteiger charge is 2.31. The second-order valence-corrected chi connectivity index (χ2v) is 6.39. The molecule has 1 amide bonds. The summed E-state index contributed by atoms with van der Waals surface area (Å²) in [5.74, 6) is 0.0739. The zero-order valence-electron chi connectivity index (χ0n) is 14.5. The Labute approximate surface area is 164 Å². The second-order valence-electron chi connectivity index (χ2n) is 5.98. The molecule has 28 heavy (non-hydrogen) atoms. The Bertz CT molecular complexity index is 928. The van der Waals surface area contributed by atoms with E-state index in [1.807, 2.05) is 30.3 Å². The first kappa shape index (κ1) is 20.0. The van der Waals surface area contributed by atoms with Crippen LogP contribution >= 0.6 is 11.6 Å². The molecule has 0 saturated carbocycles. The standard InChI is InChI=1S/C20H16ClF3N2O2/c21-15-9-8-14(20(22,23)24)11-16(15)26-18(27)12-25-19(17-7-4-10-28-17)13-5-2-1-3-6-13/h1-11,19,25H,12H2,(H,26,27)/t19-/m0/s1. The van der Waals surface area contributed by atoms with E-state index in [0.29, 0.717) is 5.76 Å². The Morgan fingerprint density at radius 2 is 1.82 bits per heavy atom. The third kappa shape index (κ3) is 4.94. The fourth-order valence-corrected chi connectivity index (χ4v) is 2.84. The maximum Gasteiger partial charge on any atom is 0.416 e. The quantitative estimate of drug-likeness (QED) is 0.584. The van der Waals surface area contributed by atoms with Crippen molar-refractivity contribution in [3.05, 3.63) is 88.8 Å². The van der Waals surface area contributed by atoms with E-state index < -0.39 is 17.6 Å². The first-order valence-electron chi connectivity index (χ1n) is 8.33. The van der Waals surface area contributed by atoms with Crippen LogP contribution in [0.25, 0.3) is 0 Å².